The van der Waals surface area contributed by atoms with Gasteiger partial charge in [-0.15, -0.1) is 0 Å². The fourth-order valence-electron chi connectivity index (χ4n) is 4.10. The number of rotatable bonds is 3. The van der Waals surface area contributed by atoms with Gasteiger partial charge in [0, 0.05) is 39.3 Å². The maximum absolute atomic E-state index is 12.1. The van der Waals surface area contributed by atoms with E-state index < -0.39 is 0 Å². The van der Waals surface area contributed by atoms with Crippen LogP contribution in [0.15, 0.2) is 12.5 Å². The van der Waals surface area contributed by atoms with Crippen molar-refractivity contribution in [2.75, 3.05) is 20.1 Å². The minimum atomic E-state index is 0.212. The van der Waals surface area contributed by atoms with E-state index in [2.05, 4.69) is 19.8 Å². The first-order valence-electron chi connectivity index (χ1n) is 7.54. The van der Waals surface area contributed by atoms with E-state index in [1.807, 2.05) is 19.6 Å². The Balaban J connectivity index is 1.69. The van der Waals surface area contributed by atoms with Gasteiger partial charge in [-0.2, -0.15) is 0 Å². The fraction of sp³-hybridized carbons (Fsp3) is 0.733. The Morgan fingerprint density at radius 1 is 1.55 bits per heavy atom. The number of amides is 1. The fourth-order valence-corrected chi connectivity index (χ4v) is 4.10. The lowest BCUT2D eigenvalue weighted by atomic mass is 9.76. The minimum absolute atomic E-state index is 0.212. The lowest BCUT2D eigenvalue weighted by Crippen LogP contribution is -2.39. The first-order valence-corrected chi connectivity index (χ1v) is 7.54. The van der Waals surface area contributed by atoms with Crippen molar-refractivity contribution in [1.29, 1.82) is 0 Å². The van der Waals surface area contributed by atoms with Crippen molar-refractivity contribution in [3.8, 4) is 0 Å². The lowest BCUT2D eigenvalue weighted by molar-refractivity contribution is -0.127. The van der Waals surface area contributed by atoms with Crippen LogP contribution < -0.4 is 5.32 Å². The molecule has 0 bridgehead atoms. The number of hydrogen-bond donors (Lipinski definition) is 1. The highest BCUT2D eigenvalue weighted by Crippen LogP contribution is 2.49. The van der Waals surface area contributed by atoms with Crippen LogP contribution in [-0.2, 0) is 18.4 Å². The van der Waals surface area contributed by atoms with Crippen molar-refractivity contribution in [2.45, 2.75) is 32.2 Å². The molecular weight excluding hydrogens is 252 g/mol. The Bertz CT molecular complexity index is 498. The van der Waals surface area contributed by atoms with E-state index in [9.17, 15) is 4.79 Å². The topological polar surface area (TPSA) is 50.2 Å². The van der Waals surface area contributed by atoms with Gasteiger partial charge in [-0.3, -0.25) is 9.69 Å². The van der Waals surface area contributed by atoms with Crippen molar-refractivity contribution < 1.29 is 4.79 Å². The average Bonchev–Trinajstić information content (AvgIpc) is 3.14. The van der Waals surface area contributed by atoms with Crippen LogP contribution in [0.2, 0.25) is 0 Å². The van der Waals surface area contributed by atoms with Gasteiger partial charge in [0.15, 0.2) is 0 Å². The van der Waals surface area contributed by atoms with E-state index in [1.54, 1.807) is 7.05 Å². The number of likely N-dealkylation sites (tertiary alicyclic amines) is 1. The van der Waals surface area contributed by atoms with E-state index in [-0.39, 0.29) is 17.2 Å². The maximum Gasteiger partial charge on any atom is 0.223 e. The zero-order valence-corrected chi connectivity index (χ0v) is 12.4. The zero-order chi connectivity index (χ0) is 14.2. The van der Waals surface area contributed by atoms with Crippen LogP contribution >= 0.6 is 0 Å². The number of aryl methyl sites for hydroxylation is 1. The smallest absolute Gasteiger partial charge is 0.223 e. The first kappa shape index (κ1) is 13.6. The molecule has 5 heteroatoms. The van der Waals surface area contributed by atoms with Gasteiger partial charge in [-0.25, -0.2) is 4.98 Å². The average molecular weight is 276 g/mol. The summed E-state index contributed by atoms with van der Waals surface area (Å²) < 4.78 is 2.08. The molecule has 1 aliphatic heterocycles. The molecule has 1 N–H and O–H groups in total. The third kappa shape index (κ3) is 2.24. The van der Waals surface area contributed by atoms with Crippen LogP contribution in [0, 0.1) is 11.3 Å². The molecule has 1 saturated heterocycles. The largest absolute Gasteiger partial charge is 0.359 e. The molecule has 2 fully saturated rings. The first-order chi connectivity index (χ1) is 9.64. The molecule has 20 heavy (non-hydrogen) atoms. The lowest BCUT2D eigenvalue weighted by Gasteiger charge is -2.30. The quantitative estimate of drug-likeness (QED) is 0.901. The molecule has 1 aromatic heterocycles. The van der Waals surface area contributed by atoms with Crippen LogP contribution in [0.4, 0.5) is 0 Å². The summed E-state index contributed by atoms with van der Waals surface area (Å²) >= 11 is 0. The third-order valence-corrected chi connectivity index (χ3v) is 5.24. The Morgan fingerprint density at radius 2 is 2.40 bits per heavy atom. The monoisotopic (exact) mass is 276 g/mol. The Kier molecular flexibility index (Phi) is 3.54. The molecule has 0 radical (unpaired) electrons. The van der Waals surface area contributed by atoms with Crippen molar-refractivity contribution in [1.82, 2.24) is 19.8 Å². The predicted molar refractivity (Wildman–Crippen MR) is 76.9 cm³/mol. The van der Waals surface area contributed by atoms with Gasteiger partial charge >= 0.3 is 0 Å². The van der Waals surface area contributed by atoms with Gasteiger partial charge in [-0.05, 0) is 31.2 Å². The van der Waals surface area contributed by atoms with Gasteiger partial charge in [-0.1, -0.05) is 6.42 Å². The molecule has 1 spiro atoms. The zero-order valence-electron chi connectivity index (χ0n) is 12.4. The highest BCUT2D eigenvalue weighted by Gasteiger charge is 2.49. The number of hydrogen-bond acceptors (Lipinski definition) is 3. The van der Waals surface area contributed by atoms with Gasteiger partial charge < -0.3 is 9.88 Å². The summed E-state index contributed by atoms with van der Waals surface area (Å²) in [4.78, 5) is 18.8. The van der Waals surface area contributed by atoms with E-state index in [4.69, 9.17) is 0 Å². The van der Waals surface area contributed by atoms with Crippen molar-refractivity contribution in [3.05, 3.63) is 18.2 Å². The van der Waals surface area contributed by atoms with Crippen LogP contribution in [0.25, 0.3) is 0 Å². The molecule has 1 aromatic rings. The Labute approximate surface area is 120 Å². The summed E-state index contributed by atoms with van der Waals surface area (Å²) in [6, 6.07) is 0. The molecule has 3 rings (SSSR count). The number of carbonyl (C=O) groups is 1. The van der Waals surface area contributed by atoms with E-state index in [0.717, 1.165) is 32.5 Å². The van der Waals surface area contributed by atoms with E-state index in [1.165, 1.54) is 18.5 Å². The SMILES string of the molecule is CNC(=O)[C@H]1CCC[C@]12CCN(Cc1cncn1C)C2. The third-order valence-electron chi connectivity index (χ3n) is 5.24. The molecule has 0 aromatic carbocycles. The maximum atomic E-state index is 12.1. The molecule has 1 saturated carbocycles. The van der Waals surface area contributed by atoms with Crippen molar-refractivity contribution >= 4 is 5.91 Å². The van der Waals surface area contributed by atoms with Gasteiger partial charge in [0.1, 0.15) is 0 Å². The summed E-state index contributed by atoms with van der Waals surface area (Å²) in [7, 11) is 3.80. The molecule has 5 nitrogen and oxygen atoms in total. The van der Waals surface area contributed by atoms with Crippen molar-refractivity contribution in [3.63, 3.8) is 0 Å². The summed E-state index contributed by atoms with van der Waals surface area (Å²) in [5.41, 5.74) is 1.47. The van der Waals surface area contributed by atoms with E-state index in [0.29, 0.717) is 0 Å². The number of nitrogens with one attached hydrogen (secondary N) is 1. The molecule has 1 amide bonds. The number of imidazole rings is 1. The normalized spacial score (nSPS) is 30.2. The highest BCUT2D eigenvalue weighted by molar-refractivity contribution is 5.79. The highest BCUT2D eigenvalue weighted by atomic mass is 16.1. The van der Waals surface area contributed by atoms with E-state index >= 15 is 0 Å². The molecule has 2 atom stereocenters. The number of carbonyl (C=O) groups excluding carboxylic acids is 1. The summed E-state index contributed by atoms with van der Waals surface area (Å²) in [6.45, 7) is 3.09. The molecule has 110 valence electrons. The second-order valence-electron chi connectivity index (χ2n) is 6.38. The number of nitrogens with zero attached hydrogens (tertiary/aromatic N) is 3. The second kappa shape index (κ2) is 5.20. The second-order valence-corrected chi connectivity index (χ2v) is 6.38. The predicted octanol–water partition coefficient (Wildman–Crippen LogP) is 1.16. The molecule has 2 heterocycles. The Hall–Kier alpha value is -1.36. The van der Waals surface area contributed by atoms with Crippen LogP contribution in [0.1, 0.15) is 31.4 Å². The Morgan fingerprint density at radius 3 is 3.10 bits per heavy atom. The molecule has 0 unspecified atom stereocenters. The summed E-state index contributed by atoms with van der Waals surface area (Å²) in [5, 5.41) is 2.86. The van der Waals surface area contributed by atoms with Crippen LogP contribution in [0.5, 0.6) is 0 Å². The molecule has 1 aliphatic carbocycles. The molecule has 2 aliphatic rings. The summed E-state index contributed by atoms with van der Waals surface area (Å²) in [6.07, 6.45) is 8.40. The minimum Gasteiger partial charge on any atom is -0.359 e. The number of aromatic nitrogens is 2. The van der Waals surface area contributed by atoms with Gasteiger partial charge in [0.25, 0.3) is 0 Å². The van der Waals surface area contributed by atoms with Gasteiger partial charge in [0.05, 0.1) is 12.0 Å². The van der Waals surface area contributed by atoms with Crippen LogP contribution in [0.3, 0.4) is 0 Å². The van der Waals surface area contributed by atoms with Crippen LogP contribution in [-0.4, -0.2) is 40.5 Å². The standard InChI is InChI=1S/C15H24N4O/c1-16-14(20)13-4-3-5-15(13)6-7-19(10-15)9-12-8-17-11-18(12)2/h8,11,13H,3-7,9-10H2,1-2H3,(H,16,20)/t13-,15-/m1/s1. The van der Waals surface area contributed by atoms with Crippen molar-refractivity contribution in [2.24, 2.45) is 18.4 Å². The van der Waals surface area contributed by atoms with Gasteiger partial charge in [0.2, 0.25) is 5.91 Å². The summed E-state index contributed by atoms with van der Waals surface area (Å²) in [5.74, 6) is 0.453. The molecular formula is C15H24N4O.